The highest BCUT2D eigenvalue weighted by Gasteiger charge is 2.53. The number of hydrogen-bond acceptors (Lipinski definition) is 6. The van der Waals surface area contributed by atoms with Crippen molar-refractivity contribution in [1.29, 1.82) is 0 Å². The van der Waals surface area contributed by atoms with E-state index in [1.807, 2.05) is 78.8 Å². The monoisotopic (exact) mass is 585 g/mol. The van der Waals surface area contributed by atoms with E-state index in [0.717, 1.165) is 36.0 Å². The predicted molar refractivity (Wildman–Crippen MR) is 178 cm³/mol. The van der Waals surface area contributed by atoms with Crippen LogP contribution in [0.3, 0.4) is 0 Å². The molecule has 1 N–H and O–H groups in total. The normalized spacial score (nSPS) is 18.1. The van der Waals surface area contributed by atoms with Gasteiger partial charge in [-0.2, -0.15) is 0 Å². The smallest absolute Gasteiger partial charge is 0.323 e. The van der Waals surface area contributed by atoms with Crippen LogP contribution in [-0.2, 0) is 30.2 Å². The molecule has 0 aliphatic heterocycles. The van der Waals surface area contributed by atoms with E-state index < -0.39 is 6.04 Å². The number of esters is 2. The minimum atomic E-state index is -0.434. The van der Waals surface area contributed by atoms with Crippen LogP contribution >= 0.6 is 0 Å². The van der Waals surface area contributed by atoms with Gasteiger partial charge in [-0.15, -0.1) is 6.58 Å². The van der Waals surface area contributed by atoms with E-state index in [1.165, 1.54) is 0 Å². The molecule has 1 saturated carbocycles. The Morgan fingerprint density at radius 2 is 1.74 bits per heavy atom. The quantitative estimate of drug-likeness (QED) is 0.113. The fraction of sp³-hybridized carbons (Fsp3) is 0.556. The molecule has 6 nitrogen and oxygen atoms in total. The van der Waals surface area contributed by atoms with Crippen LogP contribution in [0.4, 0.5) is 0 Å². The predicted octanol–water partition coefficient (Wildman–Crippen LogP) is 8.19. The summed E-state index contributed by atoms with van der Waals surface area (Å²) in [5.41, 5.74) is 3.02. The molecular formula is C36H59NO5. The van der Waals surface area contributed by atoms with Gasteiger partial charge in [0, 0.05) is 33.3 Å². The summed E-state index contributed by atoms with van der Waals surface area (Å²) in [6.07, 6.45) is 12.3. The van der Waals surface area contributed by atoms with Gasteiger partial charge in [-0.05, 0) is 43.7 Å². The molecule has 0 radical (unpaired) electrons. The SMILES string of the molecule is C=CCOC(=O)C(Cc1ccccc1)NCC1=CC2CC2(OCCCCC(=O)OCCC(=C)C)C=C1.CC.CC.CC.[HH]. The highest BCUT2D eigenvalue weighted by Crippen LogP contribution is 2.51. The van der Waals surface area contributed by atoms with Crippen LogP contribution < -0.4 is 5.32 Å². The largest absolute Gasteiger partial charge is 0.465 e. The Labute approximate surface area is 257 Å². The summed E-state index contributed by atoms with van der Waals surface area (Å²) in [5, 5.41) is 3.37. The highest BCUT2D eigenvalue weighted by atomic mass is 16.5. The zero-order valence-corrected chi connectivity index (χ0v) is 27.4. The molecule has 1 fully saturated rings. The molecule has 0 saturated heterocycles. The van der Waals surface area contributed by atoms with E-state index in [2.05, 4.69) is 36.7 Å². The Morgan fingerprint density at radius 3 is 2.36 bits per heavy atom. The van der Waals surface area contributed by atoms with Crippen molar-refractivity contribution in [3.63, 3.8) is 0 Å². The molecule has 42 heavy (non-hydrogen) atoms. The van der Waals surface area contributed by atoms with Gasteiger partial charge in [0.05, 0.1) is 12.2 Å². The van der Waals surface area contributed by atoms with E-state index >= 15 is 0 Å². The van der Waals surface area contributed by atoms with Gasteiger partial charge in [0.1, 0.15) is 12.6 Å². The molecule has 0 bridgehead atoms. The van der Waals surface area contributed by atoms with Crippen molar-refractivity contribution in [2.75, 3.05) is 26.4 Å². The third kappa shape index (κ3) is 15.3. The summed E-state index contributed by atoms with van der Waals surface area (Å²) in [4.78, 5) is 24.3. The number of hydrogen-bond donors (Lipinski definition) is 1. The van der Waals surface area contributed by atoms with E-state index in [-0.39, 0.29) is 25.6 Å². The summed E-state index contributed by atoms with van der Waals surface area (Å²) < 4.78 is 16.7. The molecule has 0 heterocycles. The molecular weight excluding hydrogens is 526 g/mol. The van der Waals surface area contributed by atoms with Crippen molar-refractivity contribution in [3.8, 4) is 0 Å². The summed E-state index contributed by atoms with van der Waals surface area (Å²) in [5.74, 6) is -0.0788. The second kappa shape index (κ2) is 23.6. The Kier molecular flexibility index (Phi) is 21.9. The van der Waals surface area contributed by atoms with Crippen molar-refractivity contribution in [1.82, 2.24) is 5.32 Å². The molecule has 1 aromatic carbocycles. The number of fused-ring (bicyclic) bond motifs is 1. The second-order valence-electron chi connectivity index (χ2n) is 9.62. The lowest BCUT2D eigenvalue weighted by Crippen LogP contribution is -2.41. The summed E-state index contributed by atoms with van der Waals surface area (Å²) in [6.45, 7) is 23.2. The first-order valence-corrected chi connectivity index (χ1v) is 15.8. The number of nitrogens with one attached hydrogen (secondary N) is 1. The fourth-order valence-electron chi connectivity index (χ4n) is 4.19. The first kappa shape index (κ1) is 39.0. The van der Waals surface area contributed by atoms with Crippen LogP contribution in [0.25, 0.3) is 0 Å². The van der Waals surface area contributed by atoms with Crippen LogP contribution in [0.1, 0.15) is 87.6 Å². The average Bonchev–Trinajstić information content (AvgIpc) is 3.74. The summed E-state index contributed by atoms with van der Waals surface area (Å²) in [6, 6.07) is 9.49. The number of carbonyl (C=O) groups is 2. The standard InChI is InChI=1S/C30H39NO5.3C2H6.H2/c1-4-16-35-29(33)27(20-24-10-6-5-7-11-24)31-22-25-13-15-30(21-26(30)19-25)36-17-9-8-12-28(32)34-18-14-23(2)3;3*1-2;/h4-7,10-11,13,15,19,26-27,31H,1-2,8-9,12,14,16-18,20-22H2,3H3;3*1-2H3;1H. The highest BCUT2D eigenvalue weighted by molar-refractivity contribution is 5.76. The topological polar surface area (TPSA) is 73.9 Å². The summed E-state index contributed by atoms with van der Waals surface area (Å²) >= 11 is 0. The Morgan fingerprint density at radius 1 is 1.05 bits per heavy atom. The minimum Gasteiger partial charge on any atom is -0.465 e. The van der Waals surface area contributed by atoms with Gasteiger partial charge < -0.3 is 19.5 Å². The molecule has 3 rings (SSSR count). The molecule has 0 amide bonds. The lowest BCUT2D eigenvalue weighted by atomic mass is 10.0. The zero-order valence-electron chi connectivity index (χ0n) is 27.4. The van der Waals surface area contributed by atoms with Crippen molar-refractivity contribution >= 4 is 11.9 Å². The van der Waals surface area contributed by atoms with Crippen LogP contribution in [-0.4, -0.2) is 49.9 Å². The molecule has 0 aromatic heterocycles. The molecule has 6 heteroatoms. The number of benzene rings is 1. The Hall–Kier alpha value is -2.96. The van der Waals surface area contributed by atoms with Gasteiger partial charge in [-0.1, -0.05) is 108 Å². The number of carbonyl (C=O) groups excluding carboxylic acids is 2. The maximum Gasteiger partial charge on any atom is 0.323 e. The minimum absolute atomic E-state index is 0. The Balaban J connectivity index is 0. The van der Waals surface area contributed by atoms with Gasteiger partial charge in [0.15, 0.2) is 0 Å². The number of ether oxygens (including phenoxy) is 3. The van der Waals surface area contributed by atoms with Crippen molar-refractivity contribution in [2.45, 2.75) is 98.6 Å². The average molecular weight is 586 g/mol. The van der Waals surface area contributed by atoms with E-state index in [9.17, 15) is 9.59 Å². The van der Waals surface area contributed by atoms with E-state index in [0.29, 0.717) is 44.9 Å². The van der Waals surface area contributed by atoms with Gasteiger partial charge in [-0.25, -0.2) is 0 Å². The molecule has 3 atom stereocenters. The number of rotatable bonds is 17. The van der Waals surface area contributed by atoms with Gasteiger partial charge >= 0.3 is 11.9 Å². The van der Waals surface area contributed by atoms with E-state index in [4.69, 9.17) is 14.2 Å². The molecule has 1 aromatic rings. The van der Waals surface area contributed by atoms with Crippen LogP contribution in [0.5, 0.6) is 0 Å². The maximum absolute atomic E-state index is 12.6. The van der Waals surface area contributed by atoms with Gasteiger partial charge in [0.25, 0.3) is 0 Å². The van der Waals surface area contributed by atoms with Crippen molar-refractivity contribution < 1.29 is 25.2 Å². The van der Waals surface area contributed by atoms with Crippen LogP contribution in [0.15, 0.2) is 78.9 Å². The van der Waals surface area contributed by atoms with E-state index in [1.54, 1.807) is 6.08 Å². The number of unbranched alkanes of at least 4 members (excludes halogenated alkanes) is 1. The Bertz CT molecular complexity index is 975. The van der Waals surface area contributed by atoms with Crippen LogP contribution in [0.2, 0.25) is 0 Å². The first-order chi connectivity index (χ1) is 20.4. The molecule has 0 spiro atoms. The van der Waals surface area contributed by atoms with Gasteiger partial charge in [-0.3, -0.25) is 9.59 Å². The lowest BCUT2D eigenvalue weighted by Gasteiger charge is -2.20. The zero-order chi connectivity index (χ0) is 31.8. The third-order valence-corrected chi connectivity index (χ3v) is 6.40. The van der Waals surface area contributed by atoms with Crippen LogP contribution in [0, 0.1) is 5.92 Å². The molecule has 238 valence electrons. The fourth-order valence-corrected chi connectivity index (χ4v) is 4.19. The first-order valence-electron chi connectivity index (χ1n) is 15.8. The maximum atomic E-state index is 12.6. The molecule has 2 aliphatic rings. The molecule has 2 aliphatic carbocycles. The van der Waals surface area contributed by atoms with Crippen molar-refractivity contribution in [2.24, 2.45) is 5.92 Å². The van der Waals surface area contributed by atoms with Crippen molar-refractivity contribution in [3.05, 3.63) is 84.5 Å². The van der Waals surface area contributed by atoms with Gasteiger partial charge in [0.2, 0.25) is 0 Å². The summed E-state index contributed by atoms with van der Waals surface area (Å²) in [7, 11) is 0. The molecule has 3 unspecified atom stereocenters. The lowest BCUT2D eigenvalue weighted by molar-refractivity contribution is -0.145. The third-order valence-electron chi connectivity index (χ3n) is 6.40. The second-order valence-corrected chi connectivity index (χ2v) is 9.62.